The molecule has 2 amide bonds. The van der Waals surface area contributed by atoms with Gasteiger partial charge in [0, 0.05) is 37.8 Å². The number of nitrogens with two attached hydrogens (primary N) is 1. The van der Waals surface area contributed by atoms with E-state index < -0.39 is 11.5 Å². The molecule has 4 rings (SSSR count). The monoisotopic (exact) mass is 402 g/mol. The van der Waals surface area contributed by atoms with Gasteiger partial charge in [-0.05, 0) is 41.0 Å². The minimum absolute atomic E-state index is 0.0928. The van der Waals surface area contributed by atoms with Crippen molar-refractivity contribution in [2.24, 2.45) is 5.73 Å². The summed E-state index contributed by atoms with van der Waals surface area (Å²) in [6.45, 7) is 0.717. The third-order valence-corrected chi connectivity index (χ3v) is 5.26. The fraction of sp³-hybridized carbons (Fsp3) is 0.217. The summed E-state index contributed by atoms with van der Waals surface area (Å²) in [4.78, 5) is 35.0. The molecule has 152 valence electrons. The molecule has 0 saturated carbocycles. The highest BCUT2D eigenvalue weighted by molar-refractivity contribution is 5.95. The highest BCUT2D eigenvalue weighted by Gasteiger charge is 2.44. The van der Waals surface area contributed by atoms with Crippen LogP contribution in [0.25, 0.3) is 11.1 Å². The van der Waals surface area contributed by atoms with Gasteiger partial charge in [-0.2, -0.15) is 0 Å². The summed E-state index contributed by atoms with van der Waals surface area (Å²) < 4.78 is 5.90. The minimum Gasteiger partial charge on any atom is -0.367 e. The number of benzene rings is 1. The molecule has 1 fully saturated rings. The summed E-state index contributed by atoms with van der Waals surface area (Å²) in [6, 6.07) is 15.1. The van der Waals surface area contributed by atoms with Gasteiger partial charge in [-0.15, -0.1) is 0 Å². The lowest BCUT2D eigenvalue weighted by Crippen LogP contribution is -2.61. The summed E-state index contributed by atoms with van der Waals surface area (Å²) >= 11 is 0. The van der Waals surface area contributed by atoms with Crippen molar-refractivity contribution >= 4 is 11.8 Å². The lowest BCUT2D eigenvalue weighted by atomic mass is 9.90. The second-order valence-corrected chi connectivity index (χ2v) is 7.29. The van der Waals surface area contributed by atoms with Crippen LogP contribution in [0.2, 0.25) is 0 Å². The first-order valence-corrected chi connectivity index (χ1v) is 9.70. The molecule has 1 atom stereocenters. The number of aromatic nitrogens is 2. The summed E-state index contributed by atoms with van der Waals surface area (Å²) in [5.74, 6) is -0.775. The number of carbonyl (C=O) groups excluding carboxylic acids is 2. The number of rotatable bonds is 5. The second-order valence-electron chi connectivity index (χ2n) is 7.29. The predicted molar refractivity (Wildman–Crippen MR) is 111 cm³/mol. The van der Waals surface area contributed by atoms with Crippen LogP contribution in [0.3, 0.4) is 0 Å². The molecule has 1 aliphatic heterocycles. The number of amides is 2. The first-order chi connectivity index (χ1) is 14.6. The van der Waals surface area contributed by atoms with E-state index in [0.717, 1.165) is 16.7 Å². The summed E-state index contributed by atoms with van der Waals surface area (Å²) in [5.41, 5.74) is 7.90. The maximum Gasteiger partial charge on any atom is 0.255 e. The number of morpholine rings is 1. The molecule has 0 spiro atoms. The Kier molecular flexibility index (Phi) is 5.54. The van der Waals surface area contributed by atoms with Crippen LogP contribution in [0.4, 0.5) is 0 Å². The number of carbonyl (C=O) groups is 2. The second kappa shape index (κ2) is 8.42. The lowest BCUT2D eigenvalue weighted by molar-refractivity contribution is -0.153. The van der Waals surface area contributed by atoms with E-state index in [2.05, 4.69) is 9.97 Å². The zero-order valence-electron chi connectivity index (χ0n) is 16.4. The zero-order valence-corrected chi connectivity index (χ0v) is 16.4. The van der Waals surface area contributed by atoms with Crippen LogP contribution in [-0.4, -0.2) is 52.0 Å². The molecule has 1 aliphatic rings. The maximum atomic E-state index is 12.9. The Labute approximate surface area is 174 Å². The van der Waals surface area contributed by atoms with E-state index >= 15 is 0 Å². The first-order valence-electron chi connectivity index (χ1n) is 9.70. The smallest absolute Gasteiger partial charge is 0.255 e. The molecule has 7 nitrogen and oxygen atoms in total. The molecule has 2 N–H and O–H groups in total. The van der Waals surface area contributed by atoms with Crippen molar-refractivity contribution in [1.29, 1.82) is 0 Å². The van der Waals surface area contributed by atoms with Crippen molar-refractivity contribution in [3.05, 3.63) is 84.4 Å². The van der Waals surface area contributed by atoms with E-state index in [-0.39, 0.29) is 25.5 Å². The van der Waals surface area contributed by atoms with Gasteiger partial charge in [0.15, 0.2) is 5.60 Å². The van der Waals surface area contributed by atoms with Gasteiger partial charge in [0.05, 0.1) is 18.7 Å². The number of hydrogen-bond acceptors (Lipinski definition) is 5. The van der Waals surface area contributed by atoms with Gasteiger partial charge in [-0.3, -0.25) is 19.6 Å². The molecule has 2 aromatic heterocycles. The van der Waals surface area contributed by atoms with Crippen molar-refractivity contribution in [2.45, 2.75) is 12.0 Å². The molecule has 1 saturated heterocycles. The Morgan fingerprint density at radius 1 is 1.03 bits per heavy atom. The molecule has 3 aromatic rings. The Morgan fingerprint density at radius 2 is 1.87 bits per heavy atom. The van der Waals surface area contributed by atoms with Gasteiger partial charge in [-0.25, -0.2) is 0 Å². The Balaban J connectivity index is 1.59. The number of hydrogen-bond donors (Lipinski definition) is 1. The van der Waals surface area contributed by atoms with Crippen LogP contribution in [0.1, 0.15) is 15.9 Å². The van der Waals surface area contributed by atoms with E-state index in [1.165, 1.54) is 6.20 Å². The third-order valence-electron chi connectivity index (χ3n) is 5.26. The highest BCUT2D eigenvalue weighted by Crippen LogP contribution is 2.27. The average molecular weight is 402 g/mol. The van der Waals surface area contributed by atoms with Gasteiger partial charge < -0.3 is 15.4 Å². The van der Waals surface area contributed by atoms with E-state index in [4.69, 9.17) is 10.5 Å². The molecule has 30 heavy (non-hydrogen) atoms. The normalized spacial score (nSPS) is 18.7. The fourth-order valence-corrected chi connectivity index (χ4v) is 3.71. The quantitative estimate of drug-likeness (QED) is 0.705. The SMILES string of the molecule is NC(=O)[C@]1(Cc2cccc(-c3ccncc3)c2)CN(C(=O)c2cccnc2)CCO1. The topological polar surface area (TPSA) is 98.4 Å². The number of primary amides is 1. The Morgan fingerprint density at radius 3 is 2.60 bits per heavy atom. The Hall–Kier alpha value is -3.58. The van der Waals surface area contributed by atoms with Gasteiger partial charge >= 0.3 is 0 Å². The molecular weight excluding hydrogens is 380 g/mol. The molecule has 1 aromatic carbocycles. The van der Waals surface area contributed by atoms with E-state index in [1.54, 1.807) is 35.6 Å². The highest BCUT2D eigenvalue weighted by atomic mass is 16.5. The lowest BCUT2D eigenvalue weighted by Gasteiger charge is -2.40. The molecule has 3 heterocycles. The van der Waals surface area contributed by atoms with Crippen molar-refractivity contribution in [1.82, 2.24) is 14.9 Å². The number of pyridine rings is 2. The molecule has 7 heteroatoms. The number of nitrogens with zero attached hydrogens (tertiary/aromatic N) is 3. The van der Waals surface area contributed by atoms with Gasteiger partial charge in [0.25, 0.3) is 11.8 Å². The molecule has 0 aliphatic carbocycles. The van der Waals surface area contributed by atoms with Gasteiger partial charge in [0.2, 0.25) is 0 Å². The Bertz CT molecular complexity index is 1040. The van der Waals surface area contributed by atoms with Crippen LogP contribution in [0.5, 0.6) is 0 Å². The average Bonchev–Trinajstić information content (AvgIpc) is 2.80. The van der Waals surface area contributed by atoms with E-state index in [9.17, 15) is 9.59 Å². The zero-order chi connectivity index (χ0) is 21.0. The van der Waals surface area contributed by atoms with Crippen molar-refractivity contribution in [2.75, 3.05) is 19.7 Å². The van der Waals surface area contributed by atoms with Gasteiger partial charge in [-0.1, -0.05) is 24.3 Å². The van der Waals surface area contributed by atoms with E-state index in [0.29, 0.717) is 12.1 Å². The van der Waals surface area contributed by atoms with Crippen molar-refractivity contribution in [3.8, 4) is 11.1 Å². The van der Waals surface area contributed by atoms with Crippen LogP contribution >= 0.6 is 0 Å². The fourth-order valence-electron chi connectivity index (χ4n) is 3.71. The van der Waals surface area contributed by atoms with Crippen LogP contribution in [0.15, 0.2) is 73.3 Å². The summed E-state index contributed by atoms with van der Waals surface area (Å²) in [5, 5.41) is 0. The van der Waals surface area contributed by atoms with Crippen molar-refractivity contribution < 1.29 is 14.3 Å². The molecule has 0 radical (unpaired) electrons. The largest absolute Gasteiger partial charge is 0.367 e. The van der Waals surface area contributed by atoms with E-state index in [1.807, 2.05) is 36.4 Å². The van der Waals surface area contributed by atoms with Crippen molar-refractivity contribution in [3.63, 3.8) is 0 Å². The first kappa shape index (κ1) is 19.7. The number of ether oxygens (including phenoxy) is 1. The summed E-state index contributed by atoms with van der Waals surface area (Å²) in [7, 11) is 0. The standard InChI is InChI=1S/C23H22N4O3/c24-22(29)23(14-17-3-1-4-19(13-17)18-6-9-25-10-7-18)16-27(11-12-30-23)21(28)20-5-2-8-26-15-20/h1-10,13,15H,11-12,14,16H2,(H2,24,29)/t23-/m0/s1. The third kappa shape index (κ3) is 4.06. The predicted octanol–water partition coefficient (Wildman–Crippen LogP) is 2.08. The van der Waals surface area contributed by atoms with Crippen LogP contribution < -0.4 is 5.73 Å². The molecule has 0 unspecified atom stereocenters. The molecule has 0 bridgehead atoms. The summed E-state index contributed by atoms with van der Waals surface area (Å²) in [6.07, 6.45) is 6.87. The maximum absolute atomic E-state index is 12.9. The minimum atomic E-state index is -1.28. The molecular formula is C23H22N4O3. The van der Waals surface area contributed by atoms with Gasteiger partial charge in [0.1, 0.15) is 0 Å². The van der Waals surface area contributed by atoms with Crippen LogP contribution in [-0.2, 0) is 16.0 Å². The van der Waals surface area contributed by atoms with Crippen LogP contribution in [0, 0.1) is 0 Å².